The van der Waals surface area contributed by atoms with Crippen molar-refractivity contribution in [3.05, 3.63) is 47.0 Å². The van der Waals surface area contributed by atoms with Crippen molar-refractivity contribution < 1.29 is 0 Å². The highest BCUT2D eigenvalue weighted by Gasteiger charge is 2.28. The third kappa shape index (κ3) is 6.00. The van der Waals surface area contributed by atoms with Gasteiger partial charge in [0.2, 0.25) is 0 Å². The summed E-state index contributed by atoms with van der Waals surface area (Å²) in [6.45, 7) is 4.49. The van der Waals surface area contributed by atoms with Crippen molar-refractivity contribution in [2.75, 3.05) is 0 Å². The van der Waals surface area contributed by atoms with E-state index in [0.29, 0.717) is 0 Å². The molecule has 144 valence electrons. The van der Waals surface area contributed by atoms with Gasteiger partial charge in [-0.1, -0.05) is 86.9 Å². The molecule has 0 heterocycles. The standard InChI is InChI=1S/C26H40/c1-3-4-5-6-22-13-17-25(18-14-22)26-19-15-24(16-20-26)12-11-23-9-7-21(2)8-10-23/h7-10,15,22,25-26H,3-6,11-14,16-20H2,1-2H3/t22-,25-,26?. The lowest BCUT2D eigenvalue weighted by molar-refractivity contribution is 0.185. The van der Waals surface area contributed by atoms with Crippen LogP contribution >= 0.6 is 0 Å². The SMILES string of the molecule is CCCCC[C@H]1CC[C@H](C2CC=C(CCc3ccc(C)cc3)CC2)CC1. The lowest BCUT2D eigenvalue weighted by Crippen LogP contribution is -2.23. The molecule has 0 saturated heterocycles. The molecule has 0 heteroatoms. The van der Waals surface area contributed by atoms with Gasteiger partial charge in [-0.05, 0) is 75.2 Å². The fourth-order valence-electron chi connectivity index (χ4n) is 5.25. The summed E-state index contributed by atoms with van der Waals surface area (Å²) in [5.74, 6) is 3.09. The minimum Gasteiger partial charge on any atom is -0.0850 e. The highest BCUT2D eigenvalue weighted by atomic mass is 14.3. The van der Waals surface area contributed by atoms with Crippen LogP contribution in [0.1, 0.15) is 95.1 Å². The first-order valence-corrected chi connectivity index (χ1v) is 11.5. The molecule has 2 aliphatic rings. The predicted octanol–water partition coefficient (Wildman–Crippen LogP) is 8.04. The second-order valence-corrected chi connectivity index (χ2v) is 9.16. The van der Waals surface area contributed by atoms with E-state index in [4.69, 9.17) is 0 Å². The van der Waals surface area contributed by atoms with Crippen molar-refractivity contribution in [3.8, 4) is 0 Å². The van der Waals surface area contributed by atoms with Crippen LogP contribution in [0.4, 0.5) is 0 Å². The van der Waals surface area contributed by atoms with Gasteiger partial charge >= 0.3 is 0 Å². The third-order valence-corrected chi connectivity index (χ3v) is 7.17. The first-order valence-electron chi connectivity index (χ1n) is 11.5. The second kappa shape index (κ2) is 10.3. The van der Waals surface area contributed by atoms with E-state index in [1.165, 1.54) is 94.6 Å². The maximum atomic E-state index is 2.62. The summed E-state index contributed by atoms with van der Waals surface area (Å²) in [5.41, 5.74) is 4.60. The van der Waals surface area contributed by atoms with Gasteiger partial charge in [0.15, 0.2) is 0 Å². The Morgan fingerprint density at radius 1 is 0.846 bits per heavy atom. The largest absolute Gasteiger partial charge is 0.0850 e. The number of unbranched alkanes of at least 4 members (excludes halogenated alkanes) is 2. The van der Waals surface area contributed by atoms with E-state index in [9.17, 15) is 0 Å². The Morgan fingerprint density at radius 2 is 1.62 bits per heavy atom. The van der Waals surface area contributed by atoms with Gasteiger partial charge in [-0.15, -0.1) is 0 Å². The summed E-state index contributed by atoms with van der Waals surface area (Å²) >= 11 is 0. The van der Waals surface area contributed by atoms with E-state index in [1.807, 2.05) is 0 Å². The van der Waals surface area contributed by atoms with E-state index in [1.54, 1.807) is 5.57 Å². The van der Waals surface area contributed by atoms with Crippen molar-refractivity contribution in [2.24, 2.45) is 17.8 Å². The quantitative estimate of drug-likeness (QED) is 0.328. The molecule has 0 spiro atoms. The average molecular weight is 353 g/mol. The highest BCUT2D eigenvalue weighted by Crippen LogP contribution is 2.41. The van der Waals surface area contributed by atoms with Crippen LogP contribution in [0.3, 0.4) is 0 Å². The molecule has 2 aliphatic carbocycles. The van der Waals surface area contributed by atoms with Crippen LogP contribution in [0.25, 0.3) is 0 Å². The van der Waals surface area contributed by atoms with Gasteiger partial charge < -0.3 is 0 Å². The molecule has 1 aromatic rings. The Morgan fingerprint density at radius 3 is 2.27 bits per heavy atom. The van der Waals surface area contributed by atoms with Crippen LogP contribution in [0.15, 0.2) is 35.9 Å². The minimum atomic E-state index is 0.995. The van der Waals surface area contributed by atoms with Gasteiger partial charge in [0, 0.05) is 0 Å². The van der Waals surface area contributed by atoms with E-state index in [2.05, 4.69) is 44.2 Å². The topological polar surface area (TPSA) is 0 Å². The molecule has 0 amide bonds. The van der Waals surface area contributed by atoms with Crippen LogP contribution in [-0.2, 0) is 6.42 Å². The number of hydrogen-bond donors (Lipinski definition) is 0. The Bertz CT molecular complexity index is 542. The molecule has 0 N–H and O–H groups in total. The summed E-state index contributed by atoms with van der Waals surface area (Å²) in [4.78, 5) is 0. The fraction of sp³-hybridized carbons (Fsp3) is 0.692. The number of rotatable bonds is 8. The number of benzene rings is 1. The maximum absolute atomic E-state index is 2.62. The molecule has 1 unspecified atom stereocenters. The zero-order valence-electron chi connectivity index (χ0n) is 17.3. The van der Waals surface area contributed by atoms with Crippen LogP contribution in [0, 0.1) is 24.7 Å². The van der Waals surface area contributed by atoms with Crippen molar-refractivity contribution in [3.63, 3.8) is 0 Å². The lowest BCUT2D eigenvalue weighted by Gasteiger charge is -2.35. The smallest absolute Gasteiger partial charge is 0.0241 e. The summed E-state index contributed by atoms with van der Waals surface area (Å²) in [6, 6.07) is 9.11. The zero-order chi connectivity index (χ0) is 18.2. The Labute approximate surface area is 162 Å². The molecular formula is C26H40. The molecule has 0 radical (unpaired) electrons. The van der Waals surface area contributed by atoms with E-state index in [0.717, 1.165) is 17.8 Å². The molecule has 1 atom stereocenters. The monoisotopic (exact) mass is 352 g/mol. The molecule has 0 bridgehead atoms. The maximum Gasteiger partial charge on any atom is -0.0241 e. The molecular weight excluding hydrogens is 312 g/mol. The predicted molar refractivity (Wildman–Crippen MR) is 115 cm³/mol. The molecule has 0 aromatic heterocycles. The number of hydrogen-bond acceptors (Lipinski definition) is 0. The molecule has 1 saturated carbocycles. The Balaban J connectivity index is 1.37. The van der Waals surface area contributed by atoms with Gasteiger partial charge in [0.25, 0.3) is 0 Å². The van der Waals surface area contributed by atoms with Crippen LogP contribution in [-0.4, -0.2) is 0 Å². The van der Waals surface area contributed by atoms with Gasteiger partial charge in [-0.25, -0.2) is 0 Å². The first kappa shape index (κ1) is 19.7. The lowest BCUT2D eigenvalue weighted by atomic mass is 9.70. The van der Waals surface area contributed by atoms with E-state index < -0.39 is 0 Å². The number of aryl methyl sites for hydroxylation is 2. The van der Waals surface area contributed by atoms with E-state index >= 15 is 0 Å². The van der Waals surface area contributed by atoms with Crippen LogP contribution in [0.2, 0.25) is 0 Å². The molecule has 1 fully saturated rings. The molecule has 1 aromatic carbocycles. The molecule has 0 aliphatic heterocycles. The normalized spacial score (nSPS) is 26.5. The van der Waals surface area contributed by atoms with Gasteiger partial charge in [0.1, 0.15) is 0 Å². The van der Waals surface area contributed by atoms with Gasteiger partial charge in [0.05, 0.1) is 0 Å². The Hall–Kier alpha value is -1.04. The third-order valence-electron chi connectivity index (χ3n) is 7.17. The van der Waals surface area contributed by atoms with Crippen LogP contribution < -0.4 is 0 Å². The highest BCUT2D eigenvalue weighted by molar-refractivity contribution is 5.22. The van der Waals surface area contributed by atoms with Crippen molar-refractivity contribution in [1.82, 2.24) is 0 Å². The summed E-state index contributed by atoms with van der Waals surface area (Å²) in [7, 11) is 0. The van der Waals surface area contributed by atoms with Gasteiger partial charge in [-0.2, -0.15) is 0 Å². The summed E-state index contributed by atoms with van der Waals surface area (Å²) in [5, 5.41) is 0. The Kier molecular flexibility index (Phi) is 7.84. The first-order chi connectivity index (χ1) is 12.7. The second-order valence-electron chi connectivity index (χ2n) is 9.16. The average Bonchev–Trinajstić information content (AvgIpc) is 2.69. The number of allylic oxidation sites excluding steroid dienone is 2. The molecule has 26 heavy (non-hydrogen) atoms. The summed E-state index contributed by atoms with van der Waals surface area (Å²) in [6.07, 6.45) is 21.2. The van der Waals surface area contributed by atoms with Crippen molar-refractivity contribution >= 4 is 0 Å². The van der Waals surface area contributed by atoms with Crippen molar-refractivity contribution in [1.29, 1.82) is 0 Å². The minimum absolute atomic E-state index is 0.995. The zero-order valence-corrected chi connectivity index (χ0v) is 17.3. The van der Waals surface area contributed by atoms with Gasteiger partial charge in [-0.3, -0.25) is 0 Å². The fourth-order valence-corrected chi connectivity index (χ4v) is 5.25. The summed E-state index contributed by atoms with van der Waals surface area (Å²) < 4.78 is 0. The molecule has 0 nitrogen and oxygen atoms in total. The van der Waals surface area contributed by atoms with E-state index in [-0.39, 0.29) is 0 Å². The molecule has 3 rings (SSSR count). The van der Waals surface area contributed by atoms with Crippen molar-refractivity contribution in [2.45, 2.75) is 97.3 Å². The van der Waals surface area contributed by atoms with Crippen LogP contribution in [0.5, 0.6) is 0 Å².